The Morgan fingerprint density at radius 2 is 1.68 bits per heavy atom. The van der Waals surface area contributed by atoms with Crippen molar-refractivity contribution in [2.24, 2.45) is 0 Å². The van der Waals surface area contributed by atoms with Gasteiger partial charge >= 0.3 is 0 Å². The molecule has 2 fully saturated rings. The molecule has 0 aliphatic carbocycles. The van der Waals surface area contributed by atoms with Crippen LogP contribution in [-0.4, -0.2) is 71.9 Å². The molecule has 5 rings (SSSR count). The van der Waals surface area contributed by atoms with Crippen molar-refractivity contribution < 1.29 is 11.0 Å². The van der Waals surface area contributed by atoms with E-state index in [9.17, 15) is 9.59 Å². The van der Waals surface area contributed by atoms with Gasteiger partial charge < -0.3 is 15.1 Å². The maximum Gasteiger partial charge on any atom is 0.253 e. The van der Waals surface area contributed by atoms with Crippen molar-refractivity contribution in [1.82, 2.24) is 20.1 Å². The number of rotatable bonds is 6. The summed E-state index contributed by atoms with van der Waals surface area (Å²) < 4.78 is 0.780. The lowest BCUT2D eigenvalue weighted by molar-refractivity contribution is 0.0610. The lowest BCUT2D eigenvalue weighted by atomic mass is 10.0. The standard InChI is InChI=1S/C30H29BrCl2N6O2.H2/c31-25-16-23(29(40)36-18-21-3-6-26(32)27(33)15-21)19-35-28(25)38-13-11-37(12-14-38)24-7-9-39(10-8-24)30(41)22-4-1-20(17-34)2-5-22;/h1-6,15-16,19,24H,7-14,18H2,(H,36,40);1H. The van der Waals surface area contributed by atoms with Crippen LogP contribution in [0.4, 0.5) is 5.82 Å². The van der Waals surface area contributed by atoms with Crippen LogP contribution in [0.1, 0.15) is 46.1 Å². The van der Waals surface area contributed by atoms with Gasteiger partial charge in [0.15, 0.2) is 0 Å². The summed E-state index contributed by atoms with van der Waals surface area (Å²) in [4.78, 5) is 36.9. The van der Waals surface area contributed by atoms with E-state index in [0.717, 1.165) is 68.0 Å². The average Bonchev–Trinajstić information content (AvgIpc) is 3.01. The zero-order valence-electron chi connectivity index (χ0n) is 22.3. The summed E-state index contributed by atoms with van der Waals surface area (Å²) in [6.07, 6.45) is 3.49. The Kier molecular flexibility index (Phi) is 9.46. The van der Waals surface area contributed by atoms with E-state index in [2.05, 4.69) is 42.1 Å². The van der Waals surface area contributed by atoms with Crippen LogP contribution in [0, 0.1) is 11.3 Å². The van der Waals surface area contributed by atoms with E-state index in [1.165, 1.54) is 0 Å². The molecule has 0 saturated carbocycles. The summed E-state index contributed by atoms with van der Waals surface area (Å²) in [6, 6.07) is 16.5. The molecule has 0 spiro atoms. The molecule has 1 N–H and O–H groups in total. The molecular formula is C30H31BrCl2N6O2. The molecule has 2 amide bonds. The van der Waals surface area contributed by atoms with Gasteiger partial charge in [-0.15, -0.1) is 0 Å². The predicted molar refractivity (Wildman–Crippen MR) is 166 cm³/mol. The maximum atomic E-state index is 12.9. The third kappa shape index (κ3) is 7.02. The first-order valence-corrected chi connectivity index (χ1v) is 15.0. The number of carbonyl (C=O) groups excluding carboxylic acids is 2. The number of amides is 2. The number of hydrogen-bond acceptors (Lipinski definition) is 6. The Labute approximate surface area is 259 Å². The molecule has 2 aliphatic rings. The molecule has 3 aromatic rings. The van der Waals surface area contributed by atoms with Gasteiger partial charge in [0.25, 0.3) is 11.8 Å². The van der Waals surface area contributed by atoms with Crippen molar-refractivity contribution in [3.8, 4) is 6.07 Å². The molecule has 0 atom stereocenters. The summed E-state index contributed by atoms with van der Waals surface area (Å²) >= 11 is 15.7. The molecule has 41 heavy (non-hydrogen) atoms. The quantitative estimate of drug-likeness (QED) is 0.370. The highest BCUT2D eigenvalue weighted by atomic mass is 79.9. The Bertz CT molecular complexity index is 1470. The van der Waals surface area contributed by atoms with Crippen LogP contribution < -0.4 is 10.2 Å². The largest absolute Gasteiger partial charge is 0.353 e. The first-order chi connectivity index (χ1) is 19.8. The van der Waals surface area contributed by atoms with Gasteiger partial charge in [-0.2, -0.15) is 5.26 Å². The zero-order chi connectivity index (χ0) is 28.9. The Hall–Kier alpha value is -3.16. The molecule has 3 heterocycles. The van der Waals surface area contributed by atoms with Gasteiger partial charge in [0.2, 0.25) is 0 Å². The Balaban J connectivity index is 0.00000405. The van der Waals surface area contributed by atoms with E-state index in [4.69, 9.17) is 28.5 Å². The molecule has 0 unspecified atom stereocenters. The molecule has 1 aromatic heterocycles. The van der Waals surface area contributed by atoms with E-state index >= 15 is 0 Å². The minimum atomic E-state index is -0.218. The lowest BCUT2D eigenvalue weighted by Gasteiger charge is -2.43. The van der Waals surface area contributed by atoms with Crippen LogP contribution in [0.15, 0.2) is 59.2 Å². The highest BCUT2D eigenvalue weighted by molar-refractivity contribution is 9.10. The molecular weight excluding hydrogens is 627 g/mol. The fourth-order valence-corrected chi connectivity index (χ4v) is 6.24. The van der Waals surface area contributed by atoms with Crippen molar-refractivity contribution in [2.75, 3.05) is 44.2 Å². The molecule has 0 bridgehead atoms. The van der Waals surface area contributed by atoms with Crippen molar-refractivity contribution in [3.63, 3.8) is 0 Å². The van der Waals surface area contributed by atoms with Crippen LogP contribution in [0.2, 0.25) is 10.0 Å². The summed E-state index contributed by atoms with van der Waals surface area (Å²) in [7, 11) is 0. The van der Waals surface area contributed by atoms with Crippen LogP contribution >= 0.6 is 39.1 Å². The fraction of sp³-hybridized carbons (Fsp3) is 0.333. The normalized spacial score (nSPS) is 16.3. The molecule has 2 aliphatic heterocycles. The smallest absolute Gasteiger partial charge is 0.253 e. The minimum absolute atomic E-state index is 0. The van der Waals surface area contributed by atoms with E-state index < -0.39 is 0 Å². The zero-order valence-corrected chi connectivity index (χ0v) is 25.4. The number of piperazine rings is 1. The number of benzene rings is 2. The molecule has 8 nitrogen and oxygen atoms in total. The second-order valence-corrected chi connectivity index (χ2v) is 11.9. The molecule has 0 radical (unpaired) electrons. The third-order valence-corrected chi connectivity index (χ3v) is 8.99. The topological polar surface area (TPSA) is 92.6 Å². The second-order valence-electron chi connectivity index (χ2n) is 10.2. The second kappa shape index (κ2) is 13.2. The van der Waals surface area contributed by atoms with Gasteiger partial charge in [0, 0.05) is 65.0 Å². The van der Waals surface area contributed by atoms with Gasteiger partial charge in [-0.25, -0.2) is 4.98 Å². The van der Waals surface area contributed by atoms with Crippen LogP contribution in [0.25, 0.3) is 0 Å². The van der Waals surface area contributed by atoms with Crippen LogP contribution in [0.3, 0.4) is 0 Å². The number of aromatic nitrogens is 1. The maximum absolute atomic E-state index is 12.9. The number of nitrogens with zero attached hydrogens (tertiary/aromatic N) is 5. The molecule has 214 valence electrons. The predicted octanol–water partition coefficient (Wildman–Crippen LogP) is 5.63. The number of piperidine rings is 1. The number of halogens is 3. The number of pyridine rings is 1. The van der Waals surface area contributed by atoms with Crippen molar-refractivity contribution in [3.05, 3.63) is 91.5 Å². The van der Waals surface area contributed by atoms with Crippen molar-refractivity contribution >= 4 is 56.8 Å². The van der Waals surface area contributed by atoms with Gasteiger partial charge in [-0.1, -0.05) is 29.3 Å². The molecule has 11 heteroatoms. The number of anilines is 1. The Morgan fingerprint density at radius 1 is 0.976 bits per heavy atom. The first-order valence-electron chi connectivity index (χ1n) is 13.5. The molecule has 2 aromatic carbocycles. The molecule has 2 saturated heterocycles. The number of hydrogen-bond donors (Lipinski definition) is 1. The highest BCUT2D eigenvalue weighted by Gasteiger charge is 2.30. The van der Waals surface area contributed by atoms with E-state index in [0.29, 0.717) is 39.3 Å². The lowest BCUT2D eigenvalue weighted by Crippen LogP contribution is -2.54. The number of carbonyl (C=O) groups is 2. The first kappa shape index (κ1) is 29.3. The minimum Gasteiger partial charge on any atom is -0.353 e. The van der Waals surface area contributed by atoms with E-state index in [1.54, 1.807) is 48.7 Å². The summed E-state index contributed by atoms with van der Waals surface area (Å²) in [5.41, 5.74) is 2.52. The van der Waals surface area contributed by atoms with E-state index in [-0.39, 0.29) is 13.2 Å². The SMILES string of the molecule is N#Cc1ccc(C(=O)N2CCC(N3CCN(c4ncc(C(=O)NCc5ccc(Cl)c(Cl)c5)cc4Br)CC3)CC2)cc1.[HH]. The van der Waals surface area contributed by atoms with Gasteiger partial charge in [0.05, 0.1) is 31.7 Å². The van der Waals surface area contributed by atoms with Gasteiger partial charge in [-0.3, -0.25) is 14.5 Å². The number of nitriles is 1. The number of nitrogens with one attached hydrogen (secondary N) is 1. The van der Waals surface area contributed by atoms with E-state index in [1.807, 2.05) is 11.0 Å². The van der Waals surface area contributed by atoms with Crippen LogP contribution in [0.5, 0.6) is 0 Å². The number of likely N-dealkylation sites (tertiary alicyclic amines) is 1. The summed E-state index contributed by atoms with van der Waals surface area (Å²) in [5.74, 6) is 0.637. The summed E-state index contributed by atoms with van der Waals surface area (Å²) in [6.45, 7) is 5.27. The average molecular weight is 658 g/mol. The highest BCUT2D eigenvalue weighted by Crippen LogP contribution is 2.28. The Morgan fingerprint density at radius 3 is 2.32 bits per heavy atom. The van der Waals surface area contributed by atoms with Crippen molar-refractivity contribution in [1.29, 1.82) is 5.26 Å². The summed E-state index contributed by atoms with van der Waals surface area (Å²) in [5, 5.41) is 12.8. The van der Waals surface area contributed by atoms with Crippen LogP contribution in [-0.2, 0) is 6.54 Å². The monoisotopic (exact) mass is 656 g/mol. The van der Waals surface area contributed by atoms with Crippen molar-refractivity contribution in [2.45, 2.75) is 25.4 Å². The van der Waals surface area contributed by atoms with Gasteiger partial charge in [0.1, 0.15) is 5.82 Å². The van der Waals surface area contributed by atoms with Gasteiger partial charge in [-0.05, 0) is 76.8 Å². The third-order valence-electron chi connectivity index (χ3n) is 7.66. The fourth-order valence-electron chi connectivity index (χ4n) is 5.32.